The van der Waals surface area contributed by atoms with E-state index < -0.39 is 17.8 Å². The first-order valence-electron chi connectivity index (χ1n) is 12.9. The van der Waals surface area contributed by atoms with Crippen molar-refractivity contribution in [2.24, 2.45) is 0 Å². The van der Waals surface area contributed by atoms with Gasteiger partial charge in [-0.05, 0) is 84.3 Å². The maximum absolute atomic E-state index is 14.8. The highest BCUT2D eigenvalue weighted by Crippen LogP contribution is 2.32. The second kappa shape index (κ2) is 10.7. The second-order valence-corrected chi connectivity index (χ2v) is 10.2. The standard InChI is InChI=1S/C32H30FN3O3/c1-18-5-4-6-19(2)25(18)17-35-32(39)24-16-23(8-9-26(24)33)31-30(20(3)13-29(38)36-31)28(37)15-21-7-10-27-22(14-21)11-12-34-27/h4-12,14,16,31,34H,13,15,17H2,1-3H3,(H,35,39)(H,36,38). The number of hydrogen-bond acceptors (Lipinski definition) is 3. The number of fused-ring (bicyclic) bond motifs is 1. The number of H-pyrrole nitrogens is 1. The number of Topliss-reactive ketones (excluding diaryl/α,β-unsaturated/α-hetero) is 1. The third-order valence-electron chi connectivity index (χ3n) is 7.40. The Kier molecular flexibility index (Phi) is 7.15. The number of ketones is 1. The van der Waals surface area contributed by atoms with E-state index >= 15 is 0 Å². The molecule has 0 spiro atoms. The van der Waals surface area contributed by atoms with Gasteiger partial charge >= 0.3 is 0 Å². The predicted octanol–water partition coefficient (Wildman–Crippen LogP) is 5.54. The highest BCUT2D eigenvalue weighted by molar-refractivity contribution is 6.02. The number of halogens is 1. The first kappa shape index (κ1) is 26.1. The Morgan fingerprint density at radius 2 is 1.77 bits per heavy atom. The number of nitrogens with one attached hydrogen (secondary N) is 3. The molecule has 1 aliphatic rings. The minimum atomic E-state index is -0.777. The van der Waals surface area contributed by atoms with Crippen LogP contribution in [0.5, 0.6) is 0 Å². The zero-order valence-corrected chi connectivity index (χ0v) is 22.2. The van der Waals surface area contributed by atoms with Gasteiger partial charge in [-0.2, -0.15) is 0 Å². The van der Waals surface area contributed by atoms with Crippen molar-refractivity contribution in [1.82, 2.24) is 15.6 Å². The molecule has 0 fully saturated rings. The van der Waals surface area contributed by atoms with Gasteiger partial charge < -0.3 is 15.6 Å². The van der Waals surface area contributed by atoms with Crippen LogP contribution in [0, 0.1) is 19.7 Å². The monoisotopic (exact) mass is 523 g/mol. The minimum absolute atomic E-state index is 0.110. The molecule has 0 radical (unpaired) electrons. The van der Waals surface area contributed by atoms with Crippen LogP contribution in [0.3, 0.4) is 0 Å². The lowest BCUT2D eigenvalue weighted by atomic mass is 9.85. The smallest absolute Gasteiger partial charge is 0.254 e. The average molecular weight is 524 g/mol. The lowest BCUT2D eigenvalue weighted by molar-refractivity contribution is -0.121. The van der Waals surface area contributed by atoms with E-state index in [-0.39, 0.29) is 36.6 Å². The number of rotatable bonds is 7. The molecule has 0 saturated carbocycles. The lowest BCUT2D eigenvalue weighted by Crippen LogP contribution is -2.37. The van der Waals surface area contributed by atoms with Crippen molar-refractivity contribution in [3.8, 4) is 0 Å². The summed E-state index contributed by atoms with van der Waals surface area (Å²) in [4.78, 5) is 42.3. The van der Waals surface area contributed by atoms with Gasteiger partial charge in [0, 0.05) is 36.7 Å². The molecular weight excluding hydrogens is 493 g/mol. The Balaban J connectivity index is 1.41. The molecule has 4 aromatic rings. The maximum Gasteiger partial charge on any atom is 0.254 e. The normalized spacial score (nSPS) is 15.4. The fourth-order valence-electron chi connectivity index (χ4n) is 5.30. The van der Waals surface area contributed by atoms with Crippen molar-refractivity contribution in [3.05, 3.63) is 117 Å². The van der Waals surface area contributed by atoms with Crippen LogP contribution in [0.4, 0.5) is 4.39 Å². The zero-order valence-electron chi connectivity index (χ0n) is 22.2. The van der Waals surface area contributed by atoms with E-state index in [1.807, 2.05) is 62.5 Å². The molecule has 3 N–H and O–H groups in total. The van der Waals surface area contributed by atoms with Gasteiger partial charge in [0.25, 0.3) is 5.91 Å². The number of benzene rings is 3. The molecule has 0 bridgehead atoms. The Morgan fingerprint density at radius 1 is 1.00 bits per heavy atom. The van der Waals surface area contributed by atoms with E-state index in [0.29, 0.717) is 16.7 Å². The quantitative estimate of drug-likeness (QED) is 0.297. The number of amides is 2. The van der Waals surface area contributed by atoms with Crippen LogP contribution >= 0.6 is 0 Å². The fraction of sp³-hybridized carbons (Fsp3) is 0.219. The van der Waals surface area contributed by atoms with Gasteiger partial charge in [-0.25, -0.2) is 4.39 Å². The van der Waals surface area contributed by atoms with Gasteiger partial charge in [-0.1, -0.05) is 35.9 Å². The molecule has 2 amide bonds. The molecule has 198 valence electrons. The molecule has 2 heterocycles. The van der Waals surface area contributed by atoms with Crippen molar-refractivity contribution < 1.29 is 18.8 Å². The van der Waals surface area contributed by atoms with E-state index in [1.54, 1.807) is 6.92 Å². The van der Waals surface area contributed by atoms with Gasteiger partial charge in [0.2, 0.25) is 5.91 Å². The molecule has 6 nitrogen and oxygen atoms in total. The Labute approximate surface area is 226 Å². The first-order chi connectivity index (χ1) is 18.7. The van der Waals surface area contributed by atoms with E-state index in [0.717, 1.165) is 33.2 Å². The van der Waals surface area contributed by atoms with Gasteiger partial charge in [-0.3, -0.25) is 14.4 Å². The van der Waals surface area contributed by atoms with Crippen molar-refractivity contribution in [1.29, 1.82) is 0 Å². The predicted molar refractivity (Wildman–Crippen MR) is 149 cm³/mol. The summed E-state index contributed by atoms with van der Waals surface area (Å²) in [7, 11) is 0. The average Bonchev–Trinajstić information content (AvgIpc) is 3.36. The Hall–Kier alpha value is -4.52. The van der Waals surface area contributed by atoms with Gasteiger partial charge in [0.1, 0.15) is 5.82 Å². The van der Waals surface area contributed by atoms with E-state index in [4.69, 9.17) is 0 Å². The molecule has 5 rings (SSSR count). The maximum atomic E-state index is 14.8. The fourth-order valence-corrected chi connectivity index (χ4v) is 5.30. The molecule has 3 aromatic carbocycles. The summed E-state index contributed by atoms with van der Waals surface area (Å²) >= 11 is 0. The molecular formula is C32H30FN3O3. The molecule has 0 aliphatic carbocycles. The molecule has 1 atom stereocenters. The zero-order chi connectivity index (χ0) is 27.7. The van der Waals surface area contributed by atoms with Crippen LogP contribution in [0.2, 0.25) is 0 Å². The third-order valence-corrected chi connectivity index (χ3v) is 7.40. The van der Waals surface area contributed by atoms with Crippen LogP contribution in [-0.4, -0.2) is 22.6 Å². The summed E-state index contributed by atoms with van der Waals surface area (Å²) in [5.74, 6) is -1.59. The van der Waals surface area contributed by atoms with Crippen LogP contribution in [0.1, 0.15) is 57.6 Å². The Bertz CT molecular complexity index is 1630. The summed E-state index contributed by atoms with van der Waals surface area (Å²) in [6.07, 6.45) is 2.11. The SMILES string of the molecule is CC1=C(C(=O)Cc2ccc3[nH]ccc3c2)C(c2ccc(F)c(C(=O)NCc3c(C)cccc3C)c2)NC(=O)C1. The van der Waals surface area contributed by atoms with Crippen LogP contribution < -0.4 is 10.6 Å². The summed E-state index contributed by atoms with van der Waals surface area (Å²) < 4.78 is 14.8. The number of carbonyl (C=O) groups excluding carboxylic acids is 3. The van der Waals surface area contributed by atoms with Crippen LogP contribution in [0.15, 0.2) is 78.0 Å². The van der Waals surface area contributed by atoms with Crippen LogP contribution in [-0.2, 0) is 22.6 Å². The molecule has 7 heteroatoms. The molecule has 0 saturated heterocycles. The van der Waals surface area contributed by atoms with Crippen molar-refractivity contribution >= 4 is 28.5 Å². The summed E-state index contributed by atoms with van der Waals surface area (Å²) in [6, 6.07) is 17.0. The van der Waals surface area contributed by atoms with Crippen molar-refractivity contribution in [2.75, 3.05) is 0 Å². The minimum Gasteiger partial charge on any atom is -0.361 e. The van der Waals surface area contributed by atoms with E-state index in [1.165, 1.54) is 18.2 Å². The van der Waals surface area contributed by atoms with Crippen LogP contribution in [0.25, 0.3) is 10.9 Å². The molecule has 1 aliphatic heterocycles. The van der Waals surface area contributed by atoms with Crippen molar-refractivity contribution in [2.45, 2.75) is 46.2 Å². The van der Waals surface area contributed by atoms with Gasteiger partial charge in [-0.15, -0.1) is 0 Å². The molecule has 39 heavy (non-hydrogen) atoms. The van der Waals surface area contributed by atoms with Gasteiger partial charge in [0.15, 0.2) is 5.78 Å². The number of carbonyl (C=O) groups is 3. The van der Waals surface area contributed by atoms with Gasteiger partial charge in [0.05, 0.1) is 11.6 Å². The lowest BCUT2D eigenvalue weighted by Gasteiger charge is -2.28. The molecule has 1 aromatic heterocycles. The number of hydrogen-bond donors (Lipinski definition) is 3. The third kappa shape index (κ3) is 5.39. The number of aromatic nitrogens is 1. The van der Waals surface area contributed by atoms with E-state index in [9.17, 15) is 18.8 Å². The Morgan fingerprint density at radius 3 is 2.54 bits per heavy atom. The highest BCUT2D eigenvalue weighted by atomic mass is 19.1. The largest absolute Gasteiger partial charge is 0.361 e. The first-order valence-corrected chi connectivity index (χ1v) is 12.9. The summed E-state index contributed by atoms with van der Waals surface area (Å²) in [6.45, 7) is 5.96. The number of aryl methyl sites for hydroxylation is 2. The highest BCUT2D eigenvalue weighted by Gasteiger charge is 2.31. The summed E-state index contributed by atoms with van der Waals surface area (Å²) in [5.41, 5.74) is 6.37. The number of aromatic amines is 1. The van der Waals surface area contributed by atoms with E-state index in [2.05, 4.69) is 15.6 Å². The summed E-state index contributed by atoms with van der Waals surface area (Å²) in [5, 5.41) is 6.71. The topological polar surface area (TPSA) is 91.1 Å². The van der Waals surface area contributed by atoms with Crippen molar-refractivity contribution in [3.63, 3.8) is 0 Å². The molecule has 1 unspecified atom stereocenters. The second-order valence-electron chi connectivity index (χ2n) is 10.2.